The van der Waals surface area contributed by atoms with E-state index in [1.165, 1.54) is 12.8 Å². The minimum absolute atomic E-state index is 0.619. The summed E-state index contributed by atoms with van der Waals surface area (Å²) in [5, 5.41) is 0. The smallest absolute Gasteiger partial charge is 0.00896 e. The van der Waals surface area contributed by atoms with Crippen LogP contribution in [-0.4, -0.2) is 0 Å². The number of fused-ring (bicyclic) bond motifs is 1. The topological polar surface area (TPSA) is 26.0 Å². The molecule has 0 aliphatic heterocycles. The minimum atomic E-state index is 0.619. The van der Waals surface area contributed by atoms with Crippen LogP contribution in [-0.2, 0) is 0 Å². The molecule has 1 atom stereocenters. The highest BCUT2D eigenvalue weighted by Gasteiger charge is 2.16. The summed E-state index contributed by atoms with van der Waals surface area (Å²) in [6, 6.07) is 0. The van der Waals surface area contributed by atoms with Gasteiger partial charge in [0, 0.05) is 11.6 Å². The standard InChI is InChI=1S/C10H13N/c11-10-6-5-8-3-1-2-4-9(8)7-10/h2,4-6,9H,1,3,7,11H2. The number of rotatable bonds is 0. The first-order valence-electron chi connectivity index (χ1n) is 4.18. The van der Waals surface area contributed by atoms with Gasteiger partial charge in [0.25, 0.3) is 0 Å². The molecule has 0 saturated carbocycles. The monoisotopic (exact) mass is 147 g/mol. The van der Waals surface area contributed by atoms with Crippen LogP contribution in [0.3, 0.4) is 0 Å². The van der Waals surface area contributed by atoms with E-state index in [2.05, 4.69) is 18.2 Å². The van der Waals surface area contributed by atoms with Crippen molar-refractivity contribution in [1.82, 2.24) is 0 Å². The molecule has 0 aromatic rings. The zero-order chi connectivity index (χ0) is 7.68. The number of nitrogens with two attached hydrogens (primary N) is 1. The quantitative estimate of drug-likeness (QED) is 0.522. The number of hydrogen-bond acceptors (Lipinski definition) is 1. The van der Waals surface area contributed by atoms with Crippen LogP contribution in [0.1, 0.15) is 19.3 Å². The van der Waals surface area contributed by atoms with Crippen molar-refractivity contribution in [3.05, 3.63) is 35.6 Å². The molecule has 1 heteroatoms. The highest BCUT2D eigenvalue weighted by molar-refractivity contribution is 5.30. The van der Waals surface area contributed by atoms with E-state index in [-0.39, 0.29) is 0 Å². The van der Waals surface area contributed by atoms with Crippen LogP contribution in [0, 0.1) is 5.92 Å². The summed E-state index contributed by atoms with van der Waals surface area (Å²) in [6.07, 6.45) is 12.2. The lowest BCUT2D eigenvalue weighted by Crippen LogP contribution is -2.13. The average Bonchev–Trinajstić information content (AvgIpc) is 2.04. The Hall–Kier alpha value is -0.980. The van der Waals surface area contributed by atoms with Crippen LogP contribution >= 0.6 is 0 Å². The Morgan fingerprint density at radius 2 is 2.27 bits per heavy atom. The van der Waals surface area contributed by atoms with E-state index in [4.69, 9.17) is 5.73 Å². The first kappa shape index (κ1) is 6.71. The van der Waals surface area contributed by atoms with Gasteiger partial charge in [0.1, 0.15) is 0 Å². The van der Waals surface area contributed by atoms with E-state index in [1.807, 2.05) is 6.08 Å². The van der Waals surface area contributed by atoms with Gasteiger partial charge in [-0.1, -0.05) is 23.8 Å². The minimum Gasteiger partial charge on any atom is -0.402 e. The molecule has 58 valence electrons. The summed E-state index contributed by atoms with van der Waals surface area (Å²) >= 11 is 0. The second kappa shape index (κ2) is 2.57. The lowest BCUT2D eigenvalue weighted by atomic mass is 9.83. The molecule has 11 heavy (non-hydrogen) atoms. The zero-order valence-corrected chi connectivity index (χ0v) is 6.59. The molecule has 2 aliphatic carbocycles. The van der Waals surface area contributed by atoms with Crippen LogP contribution in [0.25, 0.3) is 0 Å². The summed E-state index contributed by atoms with van der Waals surface area (Å²) in [4.78, 5) is 0. The van der Waals surface area contributed by atoms with E-state index in [0.29, 0.717) is 5.92 Å². The molecule has 0 aromatic carbocycles. The lowest BCUT2D eigenvalue weighted by molar-refractivity contribution is 0.661. The van der Waals surface area contributed by atoms with Crippen molar-refractivity contribution in [1.29, 1.82) is 0 Å². The predicted octanol–water partition coefficient (Wildman–Crippen LogP) is 2.13. The third-order valence-electron chi connectivity index (χ3n) is 2.41. The number of hydrogen-bond donors (Lipinski definition) is 1. The van der Waals surface area contributed by atoms with Crippen molar-refractivity contribution < 1.29 is 0 Å². The first-order valence-corrected chi connectivity index (χ1v) is 4.18. The fourth-order valence-corrected chi connectivity index (χ4v) is 1.76. The van der Waals surface area contributed by atoms with Crippen molar-refractivity contribution in [2.75, 3.05) is 0 Å². The van der Waals surface area contributed by atoms with Gasteiger partial charge in [0.2, 0.25) is 0 Å². The fraction of sp³-hybridized carbons (Fsp3) is 0.400. The third-order valence-corrected chi connectivity index (χ3v) is 2.41. The van der Waals surface area contributed by atoms with E-state index >= 15 is 0 Å². The molecule has 0 aromatic heterocycles. The van der Waals surface area contributed by atoms with Crippen molar-refractivity contribution in [2.24, 2.45) is 11.7 Å². The Balaban J connectivity index is 2.26. The molecule has 2 aliphatic rings. The van der Waals surface area contributed by atoms with E-state index in [1.54, 1.807) is 5.57 Å². The molecule has 0 bridgehead atoms. The van der Waals surface area contributed by atoms with Crippen molar-refractivity contribution in [3.63, 3.8) is 0 Å². The van der Waals surface area contributed by atoms with Crippen LogP contribution in [0.2, 0.25) is 0 Å². The average molecular weight is 147 g/mol. The Kier molecular flexibility index (Phi) is 1.57. The molecule has 1 unspecified atom stereocenters. The van der Waals surface area contributed by atoms with Gasteiger partial charge in [-0.25, -0.2) is 0 Å². The highest BCUT2D eigenvalue weighted by Crippen LogP contribution is 2.30. The van der Waals surface area contributed by atoms with Crippen molar-refractivity contribution >= 4 is 0 Å². The van der Waals surface area contributed by atoms with Gasteiger partial charge in [-0.2, -0.15) is 0 Å². The van der Waals surface area contributed by atoms with Gasteiger partial charge in [-0.3, -0.25) is 0 Å². The Labute approximate surface area is 67.3 Å². The molecule has 0 amide bonds. The normalized spacial score (nSPS) is 28.9. The maximum Gasteiger partial charge on any atom is 0.00896 e. The van der Waals surface area contributed by atoms with Crippen LogP contribution in [0.5, 0.6) is 0 Å². The van der Waals surface area contributed by atoms with Gasteiger partial charge in [0.05, 0.1) is 0 Å². The maximum atomic E-state index is 5.72. The van der Waals surface area contributed by atoms with Crippen molar-refractivity contribution in [3.8, 4) is 0 Å². The summed E-state index contributed by atoms with van der Waals surface area (Å²) in [6.45, 7) is 0. The second-order valence-corrected chi connectivity index (χ2v) is 3.26. The molecule has 1 nitrogen and oxygen atoms in total. The summed E-state index contributed by atoms with van der Waals surface area (Å²) in [5.74, 6) is 0.619. The van der Waals surface area contributed by atoms with Gasteiger partial charge in [-0.15, -0.1) is 0 Å². The Morgan fingerprint density at radius 1 is 1.36 bits per heavy atom. The largest absolute Gasteiger partial charge is 0.402 e. The highest BCUT2D eigenvalue weighted by atomic mass is 14.6. The molecule has 0 heterocycles. The Bertz CT molecular complexity index is 246. The fourth-order valence-electron chi connectivity index (χ4n) is 1.76. The van der Waals surface area contributed by atoms with Gasteiger partial charge >= 0.3 is 0 Å². The molecule has 0 fully saturated rings. The first-order chi connectivity index (χ1) is 5.36. The van der Waals surface area contributed by atoms with Gasteiger partial charge in [0.15, 0.2) is 0 Å². The van der Waals surface area contributed by atoms with Gasteiger partial charge < -0.3 is 5.73 Å². The van der Waals surface area contributed by atoms with E-state index < -0.39 is 0 Å². The zero-order valence-electron chi connectivity index (χ0n) is 6.59. The molecule has 0 radical (unpaired) electrons. The van der Waals surface area contributed by atoms with Crippen LogP contribution in [0.15, 0.2) is 35.6 Å². The number of allylic oxidation sites excluding steroid dienone is 6. The van der Waals surface area contributed by atoms with Crippen LogP contribution < -0.4 is 5.73 Å². The predicted molar refractivity (Wildman–Crippen MR) is 46.8 cm³/mol. The molecule has 2 rings (SSSR count). The maximum absolute atomic E-state index is 5.72. The molecular formula is C10H13N. The van der Waals surface area contributed by atoms with E-state index in [0.717, 1.165) is 12.1 Å². The summed E-state index contributed by atoms with van der Waals surface area (Å²) in [5.41, 5.74) is 8.30. The molecular weight excluding hydrogens is 134 g/mol. The lowest BCUT2D eigenvalue weighted by Gasteiger charge is -2.23. The van der Waals surface area contributed by atoms with Gasteiger partial charge in [-0.05, 0) is 25.3 Å². The van der Waals surface area contributed by atoms with E-state index in [9.17, 15) is 0 Å². The second-order valence-electron chi connectivity index (χ2n) is 3.26. The summed E-state index contributed by atoms with van der Waals surface area (Å²) < 4.78 is 0. The van der Waals surface area contributed by atoms with Crippen LogP contribution in [0.4, 0.5) is 0 Å². The Morgan fingerprint density at radius 3 is 3.18 bits per heavy atom. The third kappa shape index (κ3) is 1.23. The van der Waals surface area contributed by atoms with Crippen molar-refractivity contribution in [2.45, 2.75) is 19.3 Å². The summed E-state index contributed by atoms with van der Waals surface area (Å²) in [7, 11) is 0. The molecule has 0 spiro atoms. The molecule has 0 saturated heterocycles. The molecule has 2 N–H and O–H groups in total. The SMILES string of the molecule is NC1=CC=C2CCC=CC2C1.